The fourth-order valence-electron chi connectivity index (χ4n) is 1.06. The molecule has 0 bridgehead atoms. The SMILES string of the molecule is [CH2]CC(O)(OC)c1ccccc1. The maximum Gasteiger partial charge on any atom is 0.191 e. The Morgan fingerprint density at radius 2 is 2.00 bits per heavy atom. The third-order valence-corrected chi connectivity index (χ3v) is 1.90. The molecule has 1 N–H and O–H groups in total. The molecule has 0 fully saturated rings. The first-order valence-electron chi connectivity index (χ1n) is 3.85. The van der Waals surface area contributed by atoms with E-state index in [0.29, 0.717) is 6.42 Å². The van der Waals surface area contributed by atoms with Crippen molar-refractivity contribution in [3.05, 3.63) is 42.8 Å². The van der Waals surface area contributed by atoms with Crippen LogP contribution >= 0.6 is 0 Å². The number of hydrogen-bond donors (Lipinski definition) is 1. The molecule has 12 heavy (non-hydrogen) atoms. The Labute approximate surface area is 72.8 Å². The van der Waals surface area contributed by atoms with E-state index in [-0.39, 0.29) is 0 Å². The van der Waals surface area contributed by atoms with Gasteiger partial charge in [0.2, 0.25) is 0 Å². The summed E-state index contributed by atoms with van der Waals surface area (Å²) in [6.07, 6.45) is 0.299. The second-order valence-electron chi connectivity index (χ2n) is 2.60. The lowest BCUT2D eigenvalue weighted by atomic mass is 10.0. The van der Waals surface area contributed by atoms with E-state index >= 15 is 0 Å². The van der Waals surface area contributed by atoms with Gasteiger partial charge in [0.1, 0.15) is 0 Å². The van der Waals surface area contributed by atoms with Crippen LogP contribution in [0.5, 0.6) is 0 Å². The fraction of sp³-hybridized carbons (Fsp3) is 0.300. The van der Waals surface area contributed by atoms with Gasteiger partial charge in [-0.05, 0) is 6.92 Å². The molecule has 0 amide bonds. The minimum Gasteiger partial charge on any atom is -0.362 e. The van der Waals surface area contributed by atoms with Crippen LogP contribution in [0.3, 0.4) is 0 Å². The summed E-state index contributed by atoms with van der Waals surface area (Å²) < 4.78 is 4.97. The summed E-state index contributed by atoms with van der Waals surface area (Å²) in [4.78, 5) is 0. The number of methoxy groups -OCH3 is 1. The zero-order valence-corrected chi connectivity index (χ0v) is 7.16. The summed E-state index contributed by atoms with van der Waals surface area (Å²) >= 11 is 0. The summed E-state index contributed by atoms with van der Waals surface area (Å²) in [6, 6.07) is 9.23. The van der Waals surface area contributed by atoms with Crippen molar-refractivity contribution in [2.24, 2.45) is 0 Å². The molecule has 1 aromatic rings. The Morgan fingerprint density at radius 1 is 1.42 bits per heavy atom. The topological polar surface area (TPSA) is 29.5 Å². The van der Waals surface area contributed by atoms with Gasteiger partial charge in [0.15, 0.2) is 5.79 Å². The highest BCUT2D eigenvalue weighted by molar-refractivity contribution is 5.19. The summed E-state index contributed by atoms with van der Waals surface area (Å²) in [5.41, 5.74) is 0.738. The number of benzene rings is 1. The van der Waals surface area contributed by atoms with Crippen molar-refractivity contribution in [1.82, 2.24) is 0 Å². The molecule has 2 nitrogen and oxygen atoms in total. The maximum absolute atomic E-state index is 9.82. The molecule has 1 radical (unpaired) electrons. The van der Waals surface area contributed by atoms with Crippen LogP contribution in [-0.2, 0) is 10.5 Å². The van der Waals surface area contributed by atoms with Gasteiger partial charge >= 0.3 is 0 Å². The highest BCUT2D eigenvalue weighted by Crippen LogP contribution is 2.24. The Bertz CT molecular complexity index is 227. The Morgan fingerprint density at radius 3 is 2.42 bits per heavy atom. The van der Waals surface area contributed by atoms with Crippen LogP contribution in [0.1, 0.15) is 12.0 Å². The van der Waals surface area contributed by atoms with Gasteiger partial charge in [0.05, 0.1) is 0 Å². The lowest BCUT2D eigenvalue weighted by Crippen LogP contribution is -2.26. The average Bonchev–Trinajstić information content (AvgIpc) is 2.18. The van der Waals surface area contributed by atoms with Crippen molar-refractivity contribution in [2.75, 3.05) is 7.11 Å². The average molecular weight is 165 g/mol. The number of ether oxygens (including phenoxy) is 1. The monoisotopic (exact) mass is 165 g/mol. The Hall–Kier alpha value is -0.860. The second-order valence-corrected chi connectivity index (χ2v) is 2.60. The number of rotatable bonds is 3. The van der Waals surface area contributed by atoms with E-state index in [9.17, 15) is 5.11 Å². The van der Waals surface area contributed by atoms with E-state index in [1.165, 1.54) is 7.11 Å². The number of hydrogen-bond acceptors (Lipinski definition) is 2. The van der Waals surface area contributed by atoms with E-state index in [1.807, 2.05) is 30.3 Å². The Balaban J connectivity index is 2.95. The first kappa shape index (κ1) is 9.23. The van der Waals surface area contributed by atoms with Crippen LogP contribution in [0.2, 0.25) is 0 Å². The molecule has 1 unspecified atom stereocenters. The molecule has 0 saturated heterocycles. The molecule has 2 heteroatoms. The minimum atomic E-state index is -1.23. The molecular formula is C10H13O2. The largest absolute Gasteiger partial charge is 0.362 e. The fourth-order valence-corrected chi connectivity index (χ4v) is 1.06. The van der Waals surface area contributed by atoms with Crippen molar-refractivity contribution in [2.45, 2.75) is 12.2 Å². The highest BCUT2D eigenvalue weighted by Gasteiger charge is 2.25. The van der Waals surface area contributed by atoms with E-state index in [4.69, 9.17) is 4.74 Å². The van der Waals surface area contributed by atoms with Crippen LogP contribution in [0.15, 0.2) is 30.3 Å². The lowest BCUT2D eigenvalue weighted by Gasteiger charge is -2.24. The van der Waals surface area contributed by atoms with E-state index in [2.05, 4.69) is 6.92 Å². The zero-order valence-electron chi connectivity index (χ0n) is 7.16. The van der Waals surface area contributed by atoms with Gasteiger partial charge in [-0.3, -0.25) is 0 Å². The summed E-state index contributed by atoms with van der Waals surface area (Å²) in [5, 5.41) is 9.82. The molecule has 65 valence electrons. The molecule has 1 atom stereocenters. The molecule has 0 spiro atoms. The molecule has 0 saturated carbocycles. The van der Waals surface area contributed by atoms with Gasteiger partial charge in [0, 0.05) is 19.1 Å². The van der Waals surface area contributed by atoms with E-state index in [1.54, 1.807) is 0 Å². The van der Waals surface area contributed by atoms with Gasteiger partial charge in [-0.1, -0.05) is 30.3 Å². The maximum atomic E-state index is 9.82. The molecule has 0 heterocycles. The third kappa shape index (κ3) is 1.65. The quantitative estimate of drug-likeness (QED) is 0.691. The summed E-state index contributed by atoms with van der Waals surface area (Å²) in [6.45, 7) is 3.63. The van der Waals surface area contributed by atoms with Crippen LogP contribution in [0.25, 0.3) is 0 Å². The van der Waals surface area contributed by atoms with Gasteiger partial charge < -0.3 is 9.84 Å². The summed E-state index contributed by atoms with van der Waals surface area (Å²) in [5.74, 6) is -1.23. The molecule has 0 aliphatic rings. The van der Waals surface area contributed by atoms with Crippen molar-refractivity contribution in [3.63, 3.8) is 0 Å². The molecule has 0 aromatic heterocycles. The van der Waals surface area contributed by atoms with Crippen LogP contribution in [0, 0.1) is 6.92 Å². The van der Waals surface area contributed by atoms with Gasteiger partial charge in [-0.15, -0.1) is 0 Å². The first-order valence-corrected chi connectivity index (χ1v) is 3.85. The molecular weight excluding hydrogens is 152 g/mol. The van der Waals surface area contributed by atoms with E-state index in [0.717, 1.165) is 5.56 Å². The smallest absolute Gasteiger partial charge is 0.191 e. The lowest BCUT2D eigenvalue weighted by molar-refractivity contribution is -0.191. The van der Waals surface area contributed by atoms with Gasteiger partial charge in [-0.2, -0.15) is 0 Å². The minimum absolute atomic E-state index is 0.299. The second kappa shape index (κ2) is 3.70. The predicted molar refractivity (Wildman–Crippen MR) is 47.3 cm³/mol. The predicted octanol–water partition coefficient (Wildman–Crippen LogP) is 1.70. The molecule has 0 aliphatic carbocycles. The molecule has 0 aliphatic heterocycles. The normalized spacial score (nSPS) is 15.6. The third-order valence-electron chi connectivity index (χ3n) is 1.90. The van der Waals surface area contributed by atoms with Gasteiger partial charge in [0.25, 0.3) is 0 Å². The van der Waals surface area contributed by atoms with Crippen molar-refractivity contribution >= 4 is 0 Å². The van der Waals surface area contributed by atoms with Crippen molar-refractivity contribution in [3.8, 4) is 0 Å². The van der Waals surface area contributed by atoms with Gasteiger partial charge in [-0.25, -0.2) is 0 Å². The molecule has 1 aromatic carbocycles. The van der Waals surface area contributed by atoms with Crippen LogP contribution in [-0.4, -0.2) is 12.2 Å². The molecule has 1 rings (SSSR count). The van der Waals surface area contributed by atoms with Crippen LogP contribution < -0.4 is 0 Å². The van der Waals surface area contributed by atoms with Crippen molar-refractivity contribution < 1.29 is 9.84 Å². The van der Waals surface area contributed by atoms with Crippen molar-refractivity contribution in [1.29, 1.82) is 0 Å². The standard InChI is InChI=1S/C10H13O2/c1-3-10(11,12-2)9-7-5-4-6-8-9/h4-8,11H,1,3H2,2H3. The number of aliphatic hydroxyl groups is 1. The van der Waals surface area contributed by atoms with Crippen LogP contribution in [0.4, 0.5) is 0 Å². The van der Waals surface area contributed by atoms with E-state index < -0.39 is 5.79 Å². The highest BCUT2D eigenvalue weighted by atomic mass is 16.6. The summed E-state index contributed by atoms with van der Waals surface area (Å²) in [7, 11) is 1.47. The first-order chi connectivity index (χ1) is 5.73. The Kier molecular flexibility index (Phi) is 2.84. The zero-order chi connectivity index (χ0) is 9.03.